The van der Waals surface area contributed by atoms with Gasteiger partial charge in [-0.15, -0.1) is 0 Å². The summed E-state index contributed by atoms with van der Waals surface area (Å²) in [6.07, 6.45) is 3.81. The van der Waals surface area contributed by atoms with Crippen LogP contribution >= 0.6 is 11.6 Å². The average molecular weight is 228 g/mol. The fourth-order valence-corrected chi connectivity index (χ4v) is 1.14. The summed E-state index contributed by atoms with van der Waals surface area (Å²) in [5, 5.41) is 9.82. The average Bonchev–Trinajstić information content (AvgIpc) is 2.17. The minimum Gasteiger partial charge on any atom is -0.461 e. The van der Waals surface area contributed by atoms with Crippen LogP contribution in [0.15, 0.2) is 28.1 Å². The van der Waals surface area contributed by atoms with Gasteiger partial charge in [0.25, 0.3) is 0 Å². The van der Waals surface area contributed by atoms with Crippen LogP contribution in [0.4, 0.5) is 0 Å². The highest BCUT2D eigenvalue weighted by atomic mass is 35.5. The number of hydrogen-bond acceptors (Lipinski definition) is 5. The van der Waals surface area contributed by atoms with E-state index in [1.54, 1.807) is 6.92 Å². The Bertz CT molecular complexity index is 372. The number of ether oxygens (including phenoxy) is 1. The maximum absolute atomic E-state index is 11.3. The summed E-state index contributed by atoms with van der Waals surface area (Å²) in [5.41, 5.74) is 0.119. The summed E-state index contributed by atoms with van der Waals surface area (Å²) in [6.45, 7) is 1.99. The molecule has 80 valence electrons. The largest absolute Gasteiger partial charge is 0.461 e. The summed E-state index contributed by atoms with van der Waals surface area (Å²) in [7, 11) is 0. The minimum absolute atomic E-state index is 0.119. The SMILES string of the molecule is CCOC(=O)C1=N/C(=C/C=N)NC(Cl)=C1. The molecule has 0 unspecified atom stereocenters. The molecular formula is C9H10ClN3O2. The monoisotopic (exact) mass is 227 g/mol. The van der Waals surface area contributed by atoms with Gasteiger partial charge in [0.05, 0.1) is 6.61 Å². The predicted molar refractivity (Wildman–Crippen MR) is 58.0 cm³/mol. The Morgan fingerprint density at radius 3 is 3.13 bits per heavy atom. The number of nitrogens with zero attached hydrogens (tertiary/aromatic N) is 1. The third kappa shape index (κ3) is 3.21. The van der Waals surface area contributed by atoms with Crippen molar-refractivity contribution in [3.05, 3.63) is 23.1 Å². The van der Waals surface area contributed by atoms with Crippen LogP contribution in [0.5, 0.6) is 0 Å². The molecule has 0 spiro atoms. The molecule has 1 rings (SSSR count). The molecule has 1 heterocycles. The Hall–Kier alpha value is -1.62. The number of hydrogen-bond donors (Lipinski definition) is 2. The molecule has 0 aromatic heterocycles. The van der Waals surface area contributed by atoms with Crippen molar-refractivity contribution in [1.82, 2.24) is 5.32 Å². The van der Waals surface area contributed by atoms with E-state index in [0.29, 0.717) is 5.82 Å². The van der Waals surface area contributed by atoms with E-state index in [4.69, 9.17) is 21.7 Å². The van der Waals surface area contributed by atoms with Crippen molar-refractivity contribution >= 4 is 29.5 Å². The van der Waals surface area contributed by atoms with Crippen molar-refractivity contribution < 1.29 is 9.53 Å². The van der Waals surface area contributed by atoms with Crippen LogP contribution in [0.2, 0.25) is 0 Å². The van der Waals surface area contributed by atoms with Crippen molar-refractivity contribution in [2.45, 2.75) is 6.92 Å². The molecule has 0 bridgehead atoms. The molecule has 0 fully saturated rings. The van der Waals surface area contributed by atoms with E-state index in [-0.39, 0.29) is 17.5 Å². The standard InChI is InChI=1S/C9H10ClN3O2/c1-2-15-9(14)6-5-7(10)13-8(12-6)3-4-11/h3-5,11,13H,2H2,1H3/b8-3-,11-4?. The number of esters is 1. The van der Waals surface area contributed by atoms with E-state index in [9.17, 15) is 4.79 Å². The lowest BCUT2D eigenvalue weighted by Gasteiger charge is -2.12. The molecule has 0 aliphatic carbocycles. The lowest BCUT2D eigenvalue weighted by Crippen LogP contribution is -2.23. The van der Waals surface area contributed by atoms with E-state index in [1.165, 1.54) is 12.2 Å². The molecular weight excluding hydrogens is 218 g/mol. The molecule has 2 N–H and O–H groups in total. The molecule has 0 amide bonds. The van der Waals surface area contributed by atoms with Crippen molar-refractivity contribution in [2.24, 2.45) is 4.99 Å². The topological polar surface area (TPSA) is 74.5 Å². The first kappa shape index (κ1) is 11.5. The fraction of sp³-hybridized carbons (Fsp3) is 0.222. The van der Waals surface area contributed by atoms with Crippen molar-refractivity contribution in [2.75, 3.05) is 6.61 Å². The number of carbonyl (C=O) groups is 1. The molecule has 1 aliphatic heterocycles. The predicted octanol–water partition coefficient (Wildman–Crippen LogP) is 1.16. The second-order valence-corrected chi connectivity index (χ2v) is 2.96. The normalized spacial score (nSPS) is 17.6. The molecule has 0 radical (unpaired) electrons. The van der Waals surface area contributed by atoms with Gasteiger partial charge in [0.2, 0.25) is 0 Å². The minimum atomic E-state index is -0.534. The molecule has 0 aromatic rings. The molecule has 0 saturated carbocycles. The van der Waals surface area contributed by atoms with Crippen LogP contribution in [0.1, 0.15) is 6.92 Å². The smallest absolute Gasteiger partial charge is 0.357 e. The molecule has 0 aromatic carbocycles. The Morgan fingerprint density at radius 2 is 2.53 bits per heavy atom. The fourth-order valence-electron chi connectivity index (χ4n) is 0.936. The zero-order chi connectivity index (χ0) is 11.3. The summed E-state index contributed by atoms with van der Waals surface area (Å²) >= 11 is 5.73. The summed E-state index contributed by atoms with van der Waals surface area (Å²) < 4.78 is 4.77. The van der Waals surface area contributed by atoms with Gasteiger partial charge in [-0.25, -0.2) is 9.79 Å². The van der Waals surface area contributed by atoms with Crippen LogP contribution in [-0.4, -0.2) is 24.5 Å². The lowest BCUT2D eigenvalue weighted by atomic mass is 10.3. The first-order chi connectivity index (χ1) is 7.17. The Kier molecular flexibility index (Phi) is 4.05. The van der Waals surface area contributed by atoms with E-state index in [2.05, 4.69) is 10.3 Å². The third-order valence-electron chi connectivity index (χ3n) is 1.48. The summed E-state index contributed by atoms with van der Waals surface area (Å²) in [5.74, 6) is -0.200. The van der Waals surface area contributed by atoms with Gasteiger partial charge in [0.15, 0.2) is 5.71 Å². The molecule has 0 atom stereocenters. The summed E-state index contributed by atoms with van der Waals surface area (Å²) in [4.78, 5) is 15.2. The van der Waals surface area contributed by atoms with Gasteiger partial charge in [-0.3, -0.25) is 0 Å². The van der Waals surface area contributed by atoms with E-state index in [1.807, 2.05) is 0 Å². The van der Waals surface area contributed by atoms with Gasteiger partial charge in [-0.05, 0) is 13.0 Å². The molecule has 5 nitrogen and oxygen atoms in total. The van der Waals surface area contributed by atoms with E-state index >= 15 is 0 Å². The lowest BCUT2D eigenvalue weighted by molar-refractivity contribution is -0.134. The zero-order valence-electron chi connectivity index (χ0n) is 8.08. The van der Waals surface area contributed by atoms with Gasteiger partial charge < -0.3 is 15.5 Å². The number of halogens is 1. The van der Waals surface area contributed by atoms with Crippen LogP contribution in [0.3, 0.4) is 0 Å². The van der Waals surface area contributed by atoms with E-state index < -0.39 is 5.97 Å². The van der Waals surface area contributed by atoms with Crippen LogP contribution in [0, 0.1) is 5.41 Å². The summed E-state index contributed by atoms with van der Waals surface area (Å²) in [6, 6.07) is 0. The van der Waals surface area contributed by atoms with Crippen molar-refractivity contribution in [3.8, 4) is 0 Å². The van der Waals surface area contributed by atoms with Gasteiger partial charge in [-0.2, -0.15) is 0 Å². The number of nitrogens with one attached hydrogen (secondary N) is 2. The third-order valence-corrected chi connectivity index (χ3v) is 1.68. The maximum Gasteiger partial charge on any atom is 0.357 e. The molecule has 1 aliphatic rings. The Morgan fingerprint density at radius 1 is 1.80 bits per heavy atom. The van der Waals surface area contributed by atoms with Crippen molar-refractivity contribution in [1.29, 1.82) is 5.41 Å². The maximum atomic E-state index is 11.3. The van der Waals surface area contributed by atoms with Crippen molar-refractivity contribution in [3.63, 3.8) is 0 Å². The van der Waals surface area contributed by atoms with Gasteiger partial charge >= 0.3 is 5.97 Å². The number of allylic oxidation sites excluding steroid dienone is 1. The highest BCUT2D eigenvalue weighted by molar-refractivity contribution is 6.44. The zero-order valence-corrected chi connectivity index (χ0v) is 8.84. The molecule has 0 saturated heterocycles. The van der Waals surface area contributed by atoms with Gasteiger partial charge in [0.1, 0.15) is 11.0 Å². The number of aliphatic imine (C=N–C) groups is 1. The van der Waals surface area contributed by atoms with Gasteiger partial charge in [-0.1, -0.05) is 11.6 Å². The first-order valence-electron chi connectivity index (χ1n) is 4.28. The number of rotatable bonds is 3. The Balaban J connectivity index is 2.91. The van der Waals surface area contributed by atoms with Crippen LogP contribution in [-0.2, 0) is 9.53 Å². The first-order valence-corrected chi connectivity index (χ1v) is 4.66. The highest BCUT2D eigenvalue weighted by Crippen LogP contribution is 2.10. The second kappa shape index (κ2) is 5.31. The van der Waals surface area contributed by atoms with Crippen LogP contribution in [0.25, 0.3) is 0 Å². The highest BCUT2D eigenvalue weighted by Gasteiger charge is 2.15. The van der Waals surface area contributed by atoms with Crippen LogP contribution < -0.4 is 5.32 Å². The number of carbonyl (C=O) groups excluding carboxylic acids is 1. The molecule has 15 heavy (non-hydrogen) atoms. The Labute approximate surface area is 92.0 Å². The molecule has 6 heteroatoms. The van der Waals surface area contributed by atoms with Gasteiger partial charge in [0, 0.05) is 12.3 Å². The quantitative estimate of drug-likeness (QED) is 0.432. The second-order valence-electron chi connectivity index (χ2n) is 2.55. The van der Waals surface area contributed by atoms with E-state index in [0.717, 1.165) is 6.21 Å².